The van der Waals surface area contributed by atoms with Crippen LogP contribution in [-0.4, -0.2) is 4.98 Å². The second-order valence-corrected chi connectivity index (χ2v) is 4.22. The van der Waals surface area contributed by atoms with Gasteiger partial charge in [-0.25, -0.2) is 4.39 Å². The van der Waals surface area contributed by atoms with E-state index in [0.29, 0.717) is 22.5 Å². The third-order valence-corrected chi connectivity index (χ3v) is 2.75. The molecule has 0 unspecified atom stereocenters. The van der Waals surface area contributed by atoms with E-state index >= 15 is 0 Å². The quantitative estimate of drug-likeness (QED) is 0.946. The molecule has 17 heavy (non-hydrogen) atoms. The Hall–Kier alpha value is -1.46. The first-order chi connectivity index (χ1) is 8.19. The van der Waals surface area contributed by atoms with Gasteiger partial charge in [-0.05, 0) is 46.3 Å². The van der Waals surface area contributed by atoms with E-state index < -0.39 is 0 Å². The lowest BCUT2D eigenvalue weighted by atomic mass is 10.3. The van der Waals surface area contributed by atoms with Crippen molar-refractivity contribution in [3.8, 4) is 11.5 Å². The number of halogens is 2. The molecule has 88 valence electrons. The summed E-state index contributed by atoms with van der Waals surface area (Å²) in [6, 6.07) is 7.78. The van der Waals surface area contributed by atoms with Crippen LogP contribution in [0.15, 0.2) is 41.0 Å². The molecular formula is C12H10BrFN2O. The molecule has 0 atom stereocenters. The van der Waals surface area contributed by atoms with Crippen molar-refractivity contribution in [3.05, 3.63) is 52.5 Å². The fourth-order valence-electron chi connectivity index (χ4n) is 1.28. The Labute approximate surface area is 107 Å². The first-order valence-electron chi connectivity index (χ1n) is 4.97. The van der Waals surface area contributed by atoms with Crippen LogP contribution in [0.3, 0.4) is 0 Å². The van der Waals surface area contributed by atoms with E-state index in [2.05, 4.69) is 20.9 Å². The summed E-state index contributed by atoms with van der Waals surface area (Å²) in [6.07, 6.45) is 1.58. The molecular weight excluding hydrogens is 287 g/mol. The van der Waals surface area contributed by atoms with Gasteiger partial charge in [-0.3, -0.25) is 4.98 Å². The zero-order valence-electron chi connectivity index (χ0n) is 8.86. The molecule has 2 N–H and O–H groups in total. The smallest absolute Gasteiger partial charge is 0.145 e. The van der Waals surface area contributed by atoms with Crippen molar-refractivity contribution in [2.45, 2.75) is 6.54 Å². The molecule has 0 saturated carbocycles. The lowest BCUT2D eigenvalue weighted by Crippen LogP contribution is -1.98. The van der Waals surface area contributed by atoms with Gasteiger partial charge in [-0.15, -0.1) is 0 Å². The van der Waals surface area contributed by atoms with Crippen LogP contribution in [0.25, 0.3) is 0 Å². The van der Waals surface area contributed by atoms with Crippen molar-refractivity contribution in [3.63, 3.8) is 0 Å². The molecule has 0 aliphatic rings. The number of rotatable bonds is 3. The maximum Gasteiger partial charge on any atom is 0.145 e. The first-order valence-corrected chi connectivity index (χ1v) is 5.76. The third-order valence-electron chi connectivity index (χ3n) is 2.13. The van der Waals surface area contributed by atoms with Crippen molar-refractivity contribution in [2.75, 3.05) is 0 Å². The van der Waals surface area contributed by atoms with Gasteiger partial charge in [0, 0.05) is 6.54 Å². The van der Waals surface area contributed by atoms with Gasteiger partial charge in [0.2, 0.25) is 0 Å². The molecule has 0 aliphatic carbocycles. The molecule has 3 nitrogen and oxygen atoms in total. The summed E-state index contributed by atoms with van der Waals surface area (Å²) < 4.78 is 19.0. The largest absolute Gasteiger partial charge is 0.455 e. The maximum atomic E-state index is 12.9. The summed E-state index contributed by atoms with van der Waals surface area (Å²) in [5.41, 5.74) is 6.23. The van der Waals surface area contributed by atoms with E-state index in [1.807, 2.05) is 0 Å². The SMILES string of the molecule is NCc1ccc(Oc2ccc(F)cc2Br)cn1. The van der Waals surface area contributed by atoms with Crippen LogP contribution in [0.5, 0.6) is 11.5 Å². The van der Waals surface area contributed by atoms with E-state index in [-0.39, 0.29) is 5.82 Å². The van der Waals surface area contributed by atoms with Crippen LogP contribution in [0.4, 0.5) is 4.39 Å². The summed E-state index contributed by atoms with van der Waals surface area (Å²) in [4.78, 5) is 4.10. The van der Waals surface area contributed by atoms with Gasteiger partial charge in [0.05, 0.1) is 16.4 Å². The molecule has 0 radical (unpaired) electrons. The highest BCUT2D eigenvalue weighted by Crippen LogP contribution is 2.29. The number of pyridine rings is 1. The number of nitrogens with zero attached hydrogens (tertiary/aromatic N) is 1. The fraction of sp³-hybridized carbons (Fsp3) is 0.0833. The minimum absolute atomic E-state index is 0.319. The molecule has 1 aromatic carbocycles. The molecule has 0 aliphatic heterocycles. The molecule has 0 saturated heterocycles. The molecule has 0 amide bonds. The number of aromatic nitrogens is 1. The third kappa shape index (κ3) is 3.01. The number of hydrogen-bond donors (Lipinski definition) is 1. The molecule has 2 aromatic rings. The molecule has 1 aromatic heterocycles. The Balaban J connectivity index is 2.19. The van der Waals surface area contributed by atoms with E-state index in [1.165, 1.54) is 12.1 Å². The second-order valence-electron chi connectivity index (χ2n) is 3.37. The zero-order chi connectivity index (χ0) is 12.3. The fourth-order valence-corrected chi connectivity index (χ4v) is 1.71. The average Bonchev–Trinajstić information content (AvgIpc) is 2.34. The molecule has 0 fully saturated rings. The van der Waals surface area contributed by atoms with Crippen molar-refractivity contribution in [2.24, 2.45) is 5.73 Å². The second kappa shape index (κ2) is 5.25. The lowest BCUT2D eigenvalue weighted by Gasteiger charge is -2.07. The highest BCUT2D eigenvalue weighted by molar-refractivity contribution is 9.10. The molecule has 2 rings (SSSR count). The van der Waals surface area contributed by atoms with E-state index in [1.54, 1.807) is 24.4 Å². The van der Waals surface area contributed by atoms with E-state index in [0.717, 1.165) is 5.69 Å². The Morgan fingerprint density at radius 3 is 2.71 bits per heavy atom. The Morgan fingerprint density at radius 1 is 1.29 bits per heavy atom. The topological polar surface area (TPSA) is 48.1 Å². The van der Waals surface area contributed by atoms with E-state index in [4.69, 9.17) is 10.5 Å². The summed E-state index contributed by atoms with van der Waals surface area (Å²) in [6.45, 7) is 0.389. The lowest BCUT2D eigenvalue weighted by molar-refractivity contribution is 0.474. The minimum atomic E-state index is -0.319. The van der Waals surface area contributed by atoms with Crippen molar-refractivity contribution in [1.29, 1.82) is 0 Å². The maximum absolute atomic E-state index is 12.9. The highest BCUT2D eigenvalue weighted by atomic mass is 79.9. The van der Waals surface area contributed by atoms with Crippen LogP contribution >= 0.6 is 15.9 Å². The first kappa shape index (κ1) is 12.0. The van der Waals surface area contributed by atoms with Gasteiger partial charge in [-0.2, -0.15) is 0 Å². The monoisotopic (exact) mass is 296 g/mol. The Kier molecular flexibility index (Phi) is 3.71. The van der Waals surface area contributed by atoms with Gasteiger partial charge in [-0.1, -0.05) is 0 Å². The van der Waals surface area contributed by atoms with Gasteiger partial charge in [0.1, 0.15) is 17.3 Å². The summed E-state index contributed by atoms with van der Waals surface area (Å²) >= 11 is 3.23. The number of hydrogen-bond acceptors (Lipinski definition) is 3. The number of nitrogens with two attached hydrogens (primary N) is 1. The summed E-state index contributed by atoms with van der Waals surface area (Å²) in [5.74, 6) is 0.795. The molecule has 5 heteroatoms. The summed E-state index contributed by atoms with van der Waals surface area (Å²) in [7, 11) is 0. The van der Waals surface area contributed by atoms with Crippen molar-refractivity contribution < 1.29 is 9.13 Å². The van der Waals surface area contributed by atoms with Crippen molar-refractivity contribution in [1.82, 2.24) is 4.98 Å². The van der Waals surface area contributed by atoms with Gasteiger partial charge in [0.25, 0.3) is 0 Å². The van der Waals surface area contributed by atoms with E-state index in [9.17, 15) is 4.39 Å². The van der Waals surface area contributed by atoms with Crippen molar-refractivity contribution >= 4 is 15.9 Å². The van der Waals surface area contributed by atoms with Crippen LogP contribution in [0, 0.1) is 5.82 Å². The number of benzene rings is 1. The minimum Gasteiger partial charge on any atom is -0.455 e. The Bertz CT molecular complexity index is 516. The Morgan fingerprint density at radius 2 is 2.12 bits per heavy atom. The van der Waals surface area contributed by atoms with Crippen LogP contribution in [0.1, 0.15) is 5.69 Å². The molecule has 0 bridgehead atoms. The summed E-state index contributed by atoms with van der Waals surface area (Å²) in [5, 5.41) is 0. The predicted molar refractivity (Wildman–Crippen MR) is 66.3 cm³/mol. The molecule has 0 spiro atoms. The van der Waals surface area contributed by atoms with Gasteiger partial charge < -0.3 is 10.5 Å². The number of ether oxygens (including phenoxy) is 1. The van der Waals surface area contributed by atoms with Gasteiger partial charge >= 0.3 is 0 Å². The van der Waals surface area contributed by atoms with Crippen LogP contribution in [-0.2, 0) is 6.54 Å². The van der Waals surface area contributed by atoms with Gasteiger partial charge in [0.15, 0.2) is 0 Å². The standard InChI is InChI=1S/C12H10BrFN2O/c13-11-5-8(14)1-4-12(11)17-10-3-2-9(6-15)16-7-10/h1-5,7H,6,15H2. The predicted octanol–water partition coefficient (Wildman–Crippen LogP) is 3.23. The molecule has 1 heterocycles. The van der Waals surface area contributed by atoms with Crippen LogP contribution in [0.2, 0.25) is 0 Å². The highest BCUT2D eigenvalue weighted by Gasteiger charge is 2.04. The van der Waals surface area contributed by atoms with Crippen LogP contribution < -0.4 is 10.5 Å². The normalized spacial score (nSPS) is 10.3. The average molecular weight is 297 g/mol. The zero-order valence-corrected chi connectivity index (χ0v) is 10.4.